The fourth-order valence-corrected chi connectivity index (χ4v) is 4.88. The van der Waals surface area contributed by atoms with E-state index in [4.69, 9.17) is 21.1 Å². The Labute approximate surface area is 205 Å². The van der Waals surface area contributed by atoms with E-state index in [2.05, 4.69) is 5.32 Å². The average Bonchev–Trinajstić information content (AvgIpc) is 2.82. The van der Waals surface area contributed by atoms with Crippen LogP contribution in [0.5, 0.6) is 11.5 Å². The summed E-state index contributed by atoms with van der Waals surface area (Å²) >= 11 is 6.23. The Hall–Kier alpha value is -3.23. The number of carbonyl (C=O) groups excluding carboxylic acids is 1. The summed E-state index contributed by atoms with van der Waals surface area (Å²) in [7, 11) is -2.56. The highest BCUT2D eigenvalue weighted by atomic mass is 35.5. The molecule has 7 nitrogen and oxygen atoms in total. The quantitative estimate of drug-likeness (QED) is 0.436. The molecule has 0 aromatic heterocycles. The van der Waals surface area contributed by atoms with Gasteiger partial charge in [0.05, 0.1) is 28.8 Å². The molecule has 0 aliphatic heterocycles. The number of nitrogens with one attached hydrogen (secondary N) is 1. The molecule has 0 fully saturated rings. The first-order valence-electron chi connectivity index (χ1n) is 10.6. The zero-order valence-corrected chi connectivity index (χ0v) is 20.8. The first-order chi connectivity index (χ1) is 16.2. The number of hydrogen-bond acceptors (Lipinski definition) is 5. The molecule has 0 heterocycles. The molecule has 0 saturated heterocycles. The van der Waals surface area contributed by atoms with E-state index < -0.39 is 22.5 Å². The van der Waals surface area contributed by atoms with Gasteiger partial charge in [0.25, 0.3) is 10.0 Å². The highest BCUT2D eigenvalue weighted by Gasteiger charge is 2.27. The SMILES string of the molecule is COc1ccc(N(CC(=O)NCc2ccc(OC(C)C)cc2)S(=O)(=O)c2ccccc2)cc1Cl. The number of amides is 1. The van der Waals surface area contributed by atoms with Crippen molar-refractivity contribution in [3.63, 3.8) is 0 Å². The first kappa shape index (κ1) is 25.4. The van der Waals surface area contributed by atoms with Crippen LogP contribution in [0, 0.1) is 0 Å². The average molecular weight is 503 g/mol. The second kappa shape index (κ2) is 11.3. The highest BCUT2D eigenvalue weighted by Crippen LogP contribution is 2.31. The maximum Gasteiger partial charge on any atom is 0.264 e. The van der Waals surface area contributed by atoms with Crippen molar-refractivity contribution in [3.8, 4) is 11.5 Å². The van der Waals surface area contributed by atoms with Gasteiger partial charge in [-0.25, -0.2) is 8.42 Å². The van der Waals surface area contributed by atoms with Gasteiger partial charge in [-0.05, 0) is 61.9 Å². The van der Waals surface area contributed by atoms with E-state index in [0.717, 1.165) is 15.6 Å². The molecule has 0 bridgehead atoms. The number of ether oxygens (including phenoxy) is 2. The lowest BCUT2D eigenvalue weighted by Gasteiger charge is -2.24. The van der Waals surface area contributed by atoms with Crippen molar-refractivity contribution in [1.29, 1.82) is 0 Å². The van der Waals surface area contributed by atoms with Crippen LogP contribution < -0.4 is 19.1 Å². The van der Waals surface area contributed by atoms with Crippen molar-refractivity contribution in [1.82, 2.24) is 5.32 Å². The molecular formula is C25H27ClN2O5S. The Kier molecular flexibility index (Phi) is 8.41. The molecule has 0 saturated carbocycles. The monoisotopic (exact) mass is 502 g/mol. The van der Waals surface area contributed by atoms with Crippen LogP contribution in [0.25, 0.3) is 0 Å². The van der Waals surface area contributed by atoms with E-state index in [1.54, 1.807) is 30.3 Å². The van der Waals surface area contributed by atoms with Gasteiger partial charge >= 0.3 is 0 Å². The van der Waals surface area contributed by atoms with Gasteiger partial charge in [0.1, 0.15) is 18.0 Å². The van der Waals surface area contributed by atoms with Gasteiger partial charge < -0.3 is 14.8 Å². The summed E-state index contributed by atoms with van der Waals surface area (Å²) in [6, 6.07) is 19.8. The molecule has 3 rings (SSSR count). The minimum absolute atomic E-state index is 0.0644. The van der Waals surface area contributed by atoms with Gasteiger partial charge in [-0.2, -0.15) is 0 Å². The number of hydrogen-bond donors (Lipinski definition) is 1. The Morgan fingerprint density at radius 3 is 2.29 bits per heavy atom. The van der Waals surface area contributed by atoms with Gasteiger partial charge in [-0.3, -0.25) is 9.10 Å². The van der Waals surface area contributed by atoms with Crippen molar-refractivity contribution in [3.05, 3.63) is 83.4 Å². The van der Waals surface area contributed by atoms with E-state index in [1.165, 1.54) is 25.3 Å². The predicted molar refractivity (Wildman–Crippen MR) is 133 cm³/mol. The Balaban J connectivity index is 1.80. The van der Waals surface area contributed by atoms with Crippen LogP contribution in [0.2, 0.25) is 5.02 Å². The summed E-state index contributed by atoms with van der Waals surface area (Å²) < 4.78 is 38.6. The topological polar surface area (TPSA) is 84.9 Å². The van der Waals surface area contributed by atoms with E-state index in [1.807, 2.05) is 38.1 Å². The predicted octanol–water partition coefficient (Wildman–Crippen LogP) is 4.65. The Morgan fingerprint density at radius 1 is 1.03 bits per heavy atom. The summed E-state index contributed by atoms with van der Waals surface area (Å²) in [5.74, 6) is 0.673. The Morgan fingerprint density at radius 2 is 1.71 bits per heavy atom. The number of sulfonamides is 1. The number of nitrogens with zero attached hydrogens (tertiary/aromatic N) is 1. The number of benzene rings is 3. The smallest absolute Gasteiger partial charge is 0.264 e. The fourth-order valence-electron chi connectivity index (χ4n) is 3.19. The minimum Gasteiger partial charge on any atom is -0.495 e. The van der Waals surface area contributed by atoms with E-state index in [0.29, 0.717) is 5.75 Å². The molecule has 0 aliphatic carbocycles. The van der Waals surface area contributed by atoms with Crippen molar-refractivity contribution in [2.45, 2.75) is 31.4 Å². The van der Waals surface area contributed by atoms with Crippen LogP contribution in [0.1, 0.15) is 19.4 Å². The third-order valence-electron chi connectivity index (χ3n) is 4.83. The third-order valence-corrected chi connectivity index (χ3v) is 6.91. The minimum atomic E-state index is -4.03. The number of halogens is 1. The Bertz CT molecular complexity index is 1220. The van der Waals surface area contributed by atoms with Crippen LogP contribution >= 0.6 is 11.6 Å². The molecule has 1 N–H and O–H groups in total. The van der Waals surface area contributed by atoms with Gasteiger partial charge in [0.15, 0.2) is 0 Å². The molecule has 1 amide bonds. The van der Waals surface area contributed by atoms with E-state index in [9.17, 15) is 13.2 Å². The second-order valence-corrected chi connectivity index (χ2v) is 10.0. The van der Waals surface area contributed by atoms with Gasteiger partial charge in [0.2, 0.25) is 5.91 Å². The van der Waals surface area contributed by atoms with Crippen molar-refractivity contribution < 1.29 is 22.7 Å². The number of carbonyl (C=O) groups is 1. The molecular weight excluding hydrogens is 476 g/mol. The molecule has 3 aromatic rings. The van der Waals surface area contributed by atoms with E-state index >= 15 is 0 Å². The fraction of sp³-hybridized carbons (Fsp3) is 0.240. The highest BCUT2D eigenvalue weighted by molar-refractivity contribution is 7.92. The van der Waals surface area contributed by atoms with Gasteiger partial charge in [-0.15, -0.1) is 0 Å². The summed E-state index contributed by atoms with van der Waals surface area (Å²) in [5, 5.41) is 3.01. The van der Waals surface area contributed by atoms with Crippen LogP contribution in [-0.4, -0.2) is 34.1 Å². The normalized spacial score (nSPS) is 11.2. The molecule has 0 spiro atoms. The van der Waals surface area contributed by atoms with Crippen molar-refractivity contribution in [2.75, 3.05) is 18.0 Å². The number of anilines is 1. The third kappa shape index (κ3) is 6.42. The van der Waals surface area contributed by atoms with Crippen LogP contribution in [0.15, 0.2) is 77.7 Å². The van der Waals surface area contributed by atoms with Crippen LogP contribution in [0.3, 0.4) is 0 Å². The molecule has 3 aromatic carbocycles. The maximum atomic E-state index is 13.4. The summed E-state index contributed by atoms with van der Waals surface area (Å²) in [6.45, 7) is 3.70. The lowest BCUT2D eigenvalue weighted by molar-refractivity contribution is -0.119. The van der Waals surface area contributed by atoms with E-state index in [-0.39, 0.29) is 28.3 Å². The van der Waals surface area contributed by atoms with Crippen LogP contribution in [0.4, 0.5) is 5.69 Å². The van der Waals surface area contributed by atoms with Crippen molar-refractivity contribution >= 4 is 33.2 Å². The largest absolute Gasteiger partial charge is 0.495 e. The summed E-state index contributed by atoms with van der Waals surface area (Å²) in [5.41, 5.74) is 1.11. The van der Waals surface area contributed by atoms with Crippen LogP contribution in [-0.2, 0) is 21.4 Å². The van der Waals surface area contributed by atoms with Gasteiger partial charge in [0, 0.05) is 6.54 Å². The molecule has 180 valence electrons. The molecule has 0 aliphatic rings. The summed E-state index contributed by atoms with van der Waals surface area (Å²) in [6.07, 6.45) is 0.0644. The molecule has 0 atom stereocenters. The lowest BCUT2D eigenvalue weighted by Crippen LogP contribution is -2.40. The summed E-state index contributed by atoms with van der Waals surface area (Å²) in [4.78, 5) is 12.9. The maximum absolute atomic E-state index is 13.4. The standard InChI is InChI=1S/C25H27ClN2O5S/c1-18(2)33-21-12-9-19(10-13-21)16-27-25(29)17-28(20-11-14-24(32-3)23(26)15-20)34(30,31)22-7-5-4-6-8-22/h4-15,18H,16-17H2,1-3H3,(H,27,29). The molecule has 0 unspecified atom stereocenters. The number of methoxy groups -OCH3 is 1. The number of rotatable bonds is 10. The lowest BCUT2D eigenvalue weighted by atomic mass is 10.2. The van der Waals surface area contributed by atoms with Crippen molar-refractivity contribution in [2.24, 2.45) is 0 Å². The molecule has 34 heavy (non-hydrogen) atoms. The zero-order valence-electron chi connectivity index (χ0n) is 19.2. The zero-order chi connectivity index (χ0) is 24.7. The van der Waals surface area contributed by atoms with Gasteiger partial charge in [-0.1, -0.05) is 41.9 Å². The molecule has 0 radical (unpaired) electrons. The second-order valence-electron chi connectivity index (χ2n) is 7.73. The first-order valence-corrected chi connectivity index (χ1v) is 12.5. The molecule has 9 heteroatoms.